The largest absolute Gasteiger partial charge is 0.488 e. The molecule has 0 N–H and O–H groups in total. The summed E-state index contributed by atoms with van der Waals surface area (Å²) in [5.41, 5.74) is 2.48. The van der Waals surface area contributed by atoms with E-state index in [1.807, 2.05) is 42.5 Å². The van der Waals surface area contributed by atoms with Crippen molar-refractivity contribution >= 4 is 27.6 Å². The number of ether oxygens (including phenoxy) is 1. The molecular formula is C16H10BrN3O2. The Morgan fingerprint density at radius 3 is 2.82 bits per heavy atom. The van der Waals surface area contributed by atoms with Gasteiger partial charge in [0, 0.05) is 16.2 Å². The van der Waals surface area contributed by atoms with Gasteiger partial charge in [-0.2, -0.15) is 0 Å². The zero-order valence-corrected chi connectivity index (χ0v) is 12.9. The highest BCUT2D eigenvalue weighted by atomic mass is 79.9. The number of aromatic nitrogens is 3. The monoisotopic (exact) mass is 355 g/mol. The Morgan fingerprint density at radius 1 is 1.05 bits per heavy atom. The lowest BCUT2D eigenvalue weighted by molar-refractivity contribution is 0.361. The molecule has 108 valence electrons. The van der Waals surface area contributed by atoms with Gasteiger partial charge >= 0.3 is 0 Å². The van der Waals surface area contributed by atoms with Crippen LogP contribution in [-0.4, -0.2) is 21.8 Å². The van der Waals surface area contributed by atoms with E-state index in [1.165, 1.54) is 0 Å². The molecule has 5 nitrogen and oxygen atoms in total. The highest BCUT2D eigenvalue weighted by Gasteiger charge is 2.18. The maximum absolute atomic E-state index is 5.73. The molecule has 0 saturated heterocycles. The first-order chi connectivity index (χ1) is 10.8. The molecule has 6 heteroatoms. The fourth-order valence-electron chi connectivity index (χ4n) is 2.22. The number of nitrogens with zero attached hydrogens (tertiary/aromatic N) is 3. The number of pyridine rings is 1. The minimum absolute atomic E-state index is 0.400. The van der Waals surface area contributed by atoms with Crippen LogP contribution in [0, 0.1) is 0 Å². The van der Waals surface area contributed by atoms with Gasteiger partial charge in [-0.25, -0.2) is 0 Å². The summed E-state index contributed by atoms with van der Waals surface area (Å²) >= 11 is 3.46. The van der Waals surface area contributed by atoms with Crippen molar-refractivity contribution in [1.29, 1.82) is 0 Å². The Labute approximate surface area is 134 Å². The molecular weight excluding hydrogens is 346 g/mol. The quantitative estimate of drug-likeness (QED) is 0.699. The molecule has 0 radical (unpaired) electrons. The molecule has 0 unspecified atom stereocenters. The van der Waals surface area contributed by atoms with E-state index in [0.29, 0.717) is 24.1 Å². The predicted molar refractivity (Wildman–Crippen MR) is 85.0 cm³/mol. The summed E-state index contributed by atoms with van der Waals surface area (Å²) in [4.78, 5) is 4.20. The molecule has 1 aromatic carbocycles. The van der Waals surface area contributed by atoms with Gasteiger partial charge in [-0.15, -0.1) is 10.2 Å². The first-order valence-corrected chi connectivity index (χ1v) is 7.47. The molecule has 3 heterocycles. The van der Waals surface area contributed by atoms with E-state index in [1.54, 1.807) is 6.20 Å². The molecule has 2 aromatic heterocycles. The number of hydrogen-bond acceptors (Lipinski definition) is 5. The lowest BCUT2D eigenvalue weighted by Crippen LogP contribution is -2.06. The van der Waals surface area contributed by atoms with Crippen molar-refractivity contribution in [3.63, 3.8) is 0 Å². The zero-order valence-electron chi connectivity index (χ0n) is 11.4. The van der Waals surface area contributed by atoms with Gasteiger partial charge in [-0.3, -0.25) is 4.98 Å². The molecule has 0 amide bonds. The van der Waals surface area contributed by atoms with Gasteiger partial charge in [0.25, 0.3) is 5.89 Å². The Balaban J connectivity index is 1.70. The molecule has 0 spiro atoms. The summed E-state index contributed by atoms with van der Waals surface area (Å²) in [5, 5.41) is 8.15. The van der Waals surface area contributed by atoms with E-state index >= 15 is 0 Å². The average molecular weight is 356 g/mol. The zero-order chi connectivity index (χ0) is 14.9. The van der Waals surface area contributed by atoms with Crippen molar-refractivity contribution in [3.05, 3.63) is 58.5 Å². The van der Waals surface area contributed by atoms with Gasteiger partial charge < -0.3 is 9.15 Å². The topological polar surface area (TPSA) is 61.0 Å². The Hall–Kier alpha value is -2.47. The lowest BCUT2D eigenvalue weighted by Gasteiger charge is -2.16. The molecule has 3 aromatic rings. The van der Waals surface area contributed by atoms with E-state index in [4.69, 9.17) is 9.15 Å². The van der Waals surface area contributed by atoms with Crippen LogP contribution in [-0.2, 0) is 0 Å². The minimum Gasteiger partial charge on any atom is -0.488 e. The molecule has 0 bridgehead atoms. The van der Waals surface area contributed by atoms with Crippen LogP contribution in [0.3, 0.4) is 0 Å². The standard InChI is InChI=1S/C16H10BrN3O2/c17-12-4-5-14-10(8-12)7-11(9-21-14)15-19-20-16(22-15)13-3-1-2-6-18-13/h1-8H,9H2. The second kappa shape index (κ2) is 5.38. The third-order valence-corrected chi connectivity index (χ3v) is 3.76. The van der Waals surface area contributed by atoms with Gasteiger partial charge in [0.15, 0.2) is 0 Å². The van der Waals surface area contributed by atoms with Crippen LogP contribution < -0.4 is 4.74 Å². The molecule has 0 aliphatic carbocycles. The third-order valence-electron chi connectivity index (χ3n) is 3.27. The molecule has 0 fully saturated rings. The lowest BCUT2D eigenvalue weighted by atomic mass is 10.1. The van der Waals surface area contributed by atoms with Gasteiger partial charge in [0.2, 0.25) is 5.89 Å². The number of hydrogen-bond donors (Lipinski definition) is 0. The van der Waals surface area contributed by atoms with Crippen molar-refractivity contribution in [1.82, 2.24) is 15.2 Å². The van der Waals surface area contributed by atoms with Crippen molar-refractivity contribution < 1.29 is 9.15 Å². The maximum atomic E-state index is 5.73. The van der Waals surface area contributed by atoms with Crippen LogP contribution >= 0.6 is 15.9 Å². The number of benzene rings is 1. The summed E-state index contributed by atoms with van der Waals surface area (Å²) in [6, 6.07) is 11.4. The maximum Gasteiger partial charge on any atom is 0.266 e. The number of rotatable bonds is 2. The second-order valence-corrected chi connectivity index (χ2v) is 5.68. The first-order valence-electron chi connectivity index (χ1n) is 6.68. The van der Waals surface area contributed by atoms with Crippen LogP contribution in [0.4, 0.5) is 0 Å². The Morgan fingerprint density at radius 2 is 1.95 bits per heavy atom. The average Bonchev–Trinajstić information content (AvgIpc) is 3.05. The summed E-state index contributed by atoms with van der Waals surface area (Å²) in [5.74, 6) is 1.69. The summed E-state index contributed by atoms with van der Waals surface area (Å²) < 4.78 is 12.4. The summed E-state index contributed by atoms with van der Waals surface area (Å²) in [7, 11) is 0. The fraction of sp³-hybridized carbons (Fsp3) is 0.0625. The van der Waals surface area contributed by atoms with Gasteiger partial charge in [-0.05, 0) is 36.4 Å². The third kappa shape index (κ3) is 2.42. The summed E-state index contributed by atoms with van der Waals surface area (Å²) in [6.45, 7) is 0.401. The van der Waals surface area contributed by atoms with Gasteiger partial charge in [0.1, 0.15) is 18.1 Å². The van der Waals surface area contributed by atoms with Crippen LogP contribution in [0.2, 0.25) is 0 Å². The normalized spacial score (nSPS) is 13.2. The number of halogens is 1. The Bertz CT molecular complexity index is 859. The summed E-state index contributed by atoms with van der Waals surface area (Å²) in [6.07, 6.45) is 3.69. The van der Waals surface area contributed by atoms with Crippen molar-refractivity contribution in [2.24, 2.45) is 0 Å². The molecule has 0 saturated carbocycles. The highest BCUT2D eigenvalue weighted by molar-refractivity contribution is 9.10. The van der Waals surface area contributed by atoms with Crippen LogP contribution in [0.5, 0.6) is 5.75 Å². The second-order valence-electron chi connectivity index (χ2n) is 4.77. The Kier molecular flexibility index (Phi) is 3.23. The smallest absolute Gasteiger partial charge is 0.266 e. The van der Waals surface area contributed by atoms with Crippen molar-refractivity contribution in [2.45, 2.75) is 0 Å². The van der Waals surface area contributed by atoms with Crippen molar-refractivity contribution in [2.75, 3.05) is 6.61 Å². The molecule has 22 heavy (non-hydrogen) atoms. The molecule has 1 aliphatic heterocycles. The molecule has 4 rings (SSSR count). The van der Waals surface area contributed by atoms with E-state index in [9.17, 15) is 0 Å². The predicted octanol–water partition coefficient (Wildman–Crippen LogP) is 3.83. The van der Waals surface area contributed by atoms with Crippen LogP contribution in [0.1, 0.15) is 11.5 Å². The molecule has 1 aliphatic rings. The fourth-order valence-corrected chi connectivity index (χ4v) is 2.60. The SMILES string of the molecule is Brc1ccc2c(c1)C=C(c1nnc(-c3ccccn3)o1)CO2. The van der Waals surface area contributed by atoms with Crippen LogP contribution in [0.15, 0.2) is 51.5 Å². The van der Waals surface area contributed by atoms with E-state index in [2.05, 4.69) is 31.1 Å². The van der Waals surface area contributed by atoms with E-state index in [0.717, 1.165) is 21.4 Å². The van der Waals surface area contributed by atoms with E-state index in [-0.39, 0.29) is 0 Å². The molecule has 0 atom stereocenters. The van der Waals surface area contributed by atoms with Gasteiger partial charge in [-0.1, -0.05) is 22.0 Å². The highest BCUT2D eigenvalue weighted by Crippen LogP contribution is 2.32. The van der Waals surface area contributed by atoms with Crippen LogP contribution in [0.25, 0.3) is 23.2 Å². The first kappa shape index (κ1) is 13.2. The van der Waals surface area contributed by atoms with Crippen molar-refractivity contribution in [3.8, 4) is 17.3 Å². The number of fused-ring (bicyclic) bond motifs is 1. The van der Waals surface area contributed by atoms with Gasteiger partial charge in [0.05, 0.1) is 5.57 Å². The van der Waals surface area contributed by atoms with E-state index < -0.39 is 0 Å². The minimum atomic E-state index is 0.400.